The van der Waals surface area contributed by atoms with Gasteiger partial charge in [0.2, 0.25) is 11.8 Å². The summed E-state index contributed by atoms with van der Waals surface area (Å²) in [5, 5.41) is 6.54. The lowest BCUT2D eigenvalue weighted by Crippen LogP contribution is -2.37. The largest absolute Gasteiger partial charge is 0.472 e. The lowest BCUT2D eigenvalue weighted by atomic mass is 10.2. The molecule has 7 heteroatoms. The standard InChI is InChI=1S/C13H21N3O4/c1-9(8-14-12(18)20-13(3,4)5)19-11-6-7-16(15-11)10(2)17/h6-7,9H,8H2,1-5H3,(H,14,18). The van der Waals surface area contributed by atoms with Gasteiger partial charge in [0, 0.05) is 19.2 Å². The summed E-state index contributed by atoms with van der Waals surface area (Å²) in [6, 6.07) is 1.59. The maximum Gasteiger partial charge on any atom is 0.407 e. The van der Waals surface area contributed by atoms with Crippen LogP contribution in [0.15, 0.2) is 12.3 Å². The number of hydrogen-bond donors (Lipinski definition) is 1. The minimum absolute atomic E-state index is 0.195. The summed E-state index contributed by atoms with van der Waals surface area (Å²) >= 11 is 0. The van der Waals surface area contributed by atoms with Crippen LogP contribution in [-0.4, -0.2) is 40.0 Å². The molecule has 0 saturated heterocycles. The van der Waals surface area contributed by atoms with Gasteiger partial charge in [-0.3, -0.25) is 4.79 Å². The van der Waals surface area contributed by atoms with Crippen molar-refractivity contribution in [2.45, 2.75) is 46.3 Å². The first-order valence-electron chi connectivity index (χ1n) is 6.37. The zero-order valence-corrected chi connectivity index (χ0v) is 12.5. The van der Waals surface area contributed by atoms with E-state index in [0.717, 1.165) is 0 Å². The fourth-order valence-electron chi connectivity index (χ4n) is 1.33. The zero-order chi connectivity index (χ0) is 15.3. The average molecular weight is 283 g/mol. The predicted molar refractivity (Wildman–Crippen MR) is 72.9 cm³/mol. The van der Waals surface area contributed by atoms with Gasteiger partial charge in [-0.25, -0.2) is 9.48 Å². The maximum absolute atomic E-state index is 11.5. The Labute approximate surface area is 118 Å². The second-order valence-corrected chi connectivity index (χ2v) is 5.43. The third-order valence-electron chi connectivity index (χ3n) is 2.14. The summed E-state index contributed by atoms with van der Waals surface area (Å²) in [6.45, 7) is 8.85. The molecule has 0 aromatic carbocycles. The van der Waals surface area contributed by atoms with Crippen LogP contribution in [0.2, 0.25) is 0 Å². The number of nitrogens with zero attached hydrogens (tertiary/aromatic N) is 2. The molecule has 0 aliphatic rings. The Morgan fingerprint density at radius 1 is 1.45 bits per heavy atom. The fourth-order valence-corrected chi connectivity index (χ4v) is 1.33. The van der Waals surface area contributed by atoms with Gasteiger partial charge in [0.05, 0.1) is 6.54 Å². The Morgan fingerprint density at radius 2 is 2.10 bits per heavy atom. The predicted octanol–water partition coefficient (Wildman–Crippen LogP) is 1.84. The smallest absolute Gasteiger partial charge is 0.407 e. The van der Waals surface area contributed by atoms with Crippen molar-refractivity contribution in [2.24, 2.45) is 0 Å². The molecule has 0 radical (unpaired) electrons. The van der Waals surface area contributed by atoms with E-state index < -0.39 is 11.7 Å². The number of alkyl carbamates (subject to hydrolysis) is 1. The van der Waals surface area contributed by atoms with E-state index in [-0.39, 0.29) is 18.6 Å². The molecule has 112 valence electrons. The summed E-state index contributed by atoms with van der Waals surface area (Å²) in [4.78, 5) is 22.5. The van der Waals surface area contributed by atoms with Gasteiger partial charge in [-0.1, -0.05) is 0 Å². The molecular weight excluding hydrogens is 262 g/mol. The van der Waals surface area contributed by atoms with Gasteiger partial charge in [-0.2, -0.15) is 0 Å². The Bertz CT molecular complexity index is 476. The van der Waals surface area contributed by atoms with Crippen molar-refractivity contribution in [1.29, 1.82) is 0 Å². The van der Waals surface area contributed by atoms with Crippen LogP contribution in [0.1, 0.15) is 39.4 Å². The minimum Gasteiger partial charge on any atom is -0.472 e. The lowest BCUT2D eigenvalue weighted by Gasteiger charge is -2.20. The van der Waals surface area contributed by atoms with E-state index in [1.807, 2.05) is 0 Å². The molecule has 1 aromatic rings. The van der Waals surface area contributed by atoms with Crippen LogP contribution < -0.4 is 10.1 Å². The van der Waals surface area contributed by atoms with Crippen LogP contribution >= 0.6 is 0 Å². The number of hydrogen-bond acceptors (Lipinski definition) is 5. The molecule has 1 N–H and O–H groups in total. The summed E-state index contributed by atoms with van der Waals surface area (Å²) < 4.78 is 11.8. The molecule has 0 aliphatic heterocycles. The highest BCUT2D eigenvalue weighted by Gasteiger charge is 2.17. The molecule has 0 spiro atoms. The molecule has 1 rings (SSSR count). The normalized spacial score (nSPS) is 12.7. The average Bonchev–Trinajstić information content (AvgIpc) is 2.72. The fraction of sp³-hybridized carbons (Fsp3) is 0.615. The second kappa shape index (κ2) is 6.40. The number of rotatable bonds is 4. The molecule has 0 aliphatic carbocycles. The van der Waals surface area contributed by atoms with Crippen molar-refractivity contribution in [3.8, 4) is 5.88 Å². The van der Waals surface area contributed by atoms with E-state index in [1.165, 1.54) is 17.8 Å². The molecular formula is C13H21N3O4. The van der Waals surface area contributed by atoms with Gasteiger partial charge in [0.1, 0.15) is 11.7 Å². The van der Waals surface area contributed by atoms with Gasteiger partial charge < -0.3 is 14.8 Å². The number of aromatic nitrogens is 2. The molecule has 20 heavy (non-hydrogen) atoms. The molecule has 1 amide bonds. The van der Waals surface area contributed by atoms with E-state index in [1.54, 1.807) is 33.8 Å². The van der Waals surface area contributed by atoms with Crippen molar-refractivity contribution in [2.75, 3.05) is 6.54 Å². The molecule has 0 bridgehead atoms. The van der Waals surface area contributed by atoms with Gasteiger partial charge in [-0.05, 0) is 27.7 Å². The summed E-state index contributed by atoms with van der Waals surface area (Å²) in [6.07, 6.45) is 0.728. The Kier molecular flexibility index (Phi) is 5.12. The third-order valence-corrected chi connectivity index (χ3v) is 2.14. The SMILES string of the molecule is CC(=O)n1ccc(OC(C)CNC(=O)OC(C)(C)C)n1. The van der Waals surface area contributed by atoms with Crippen LogP contribution in [0.25, 0.3) is 0 Å². The first-order valence-corrected chi connectivity index (χ1v) is 6.37. The van der Waals surface area contributed by atoms with Gasteiger partial charge in [-0.15, -0.1) is 5.10 Å². The summed E-state index contributed by atoms with van der Waals surface area (Å²) in [5.74, 6) is 0.137. The quantitative estimate of drug-likeness (QED) is 0.911. The molecule has 0 fully saturated rings. The van der Waals surface area contributed by atoms with E-state index >= 15 is 0 Å². The minimum atomic E-state index is -0.533. The van der Waals surface area contributed by atoms with Crippen LogP contribution in [0.5, 0.6) is 5.88 Å². The second-order valence-electron chi connectivity index (χ2n) is 5.43. The monoisotopic (exact) mass is 283 g/mol. The number of amides is 1. The van der Waals surface area contributed by atoms with Gasteiger partial charge in [0.25, 0.3) is 0 Å². The van der Waals surface area contributed by atoms with E-state index in [0.29, 0.717) is 5.88 Å². The van der Waals surface area contributed by atoms with Crippen molar-refractivity contribution >= 4 is 12.0 Å². The maximum atomic E-state index is 11.5. The highest BCUT2D eigenvalue weighted by Crippen LogP contribution is 2.09. The first-order chi connectivity index (χ1) is 9.17. The molecule has 1 atom stereocenters. The van der Waals surface area contributed by atoms with Crippen LogP contribution in [0.3, 0.4) is 0 Å². The third kappa shape index (κ3) is 5.73. The Balaban J connectivity index is 2.38. The van der Waals surface area contributed by atoms with Crippen LogP contribution in [-0.2, 0) is 4.74 Å². The molecule has 0 saturated carbocycles. The summed E-state index contributed by atoms with van der Waals surface area (Å²) in [5.41, 5.74) is -0.533. The number of carbonyl (C=O) groups is 2. The highest BCUT2D eigenvalue weighted by molar-refractivity contribution is 5.75. The van der Waals surface area contributed by atoms with E-state index in [2.05, 4.69) is 10.4 Å². The zero-order valence-electron chi connectivity index (χ0n) is 12.5. The van der Waals surface area contributed by atoms with Crippen LogP contribution in [0.4, 0.5) is 4.79 Å². The van der Waals surface area contributed by atoms with Gasteiger partial charge >= 0.3 is 6.09 Å². The van der Waals surface area contributed by atoms with E-state index in [9.17, 15) is 9.59 Å². The van der Waals surface area contributed by atoms with Gasteiger partial charge in [0.15, 0.2) is 0 Å². The Hall–Kier alpha value is -2.05. The number of carbonyl (C=O) groups excluding carboxylic acids is 2. The van der Waals surface area contributed by atoms with Crippen molar-refractivity contribution < 1.29 is 19.1 Å². The van der Waals surface area contributed by atoms with Crippen LogP contribution in [0, 0.1) is 0 Å². The summed E-state index contributed by atoms with van der Waals surface area (Å²) in [7, 11) is 0. The molecule has 1 unspecified atom stereocenters. The molecule has 7 nitrogen and oxygen atoms in total. The first kappa shape index (κ1) is 16.0. The lowest BCUT2D eigenvalue weighted by molar-refractivity contribution is 0.0504. The Morgan fingerprint density at radius 3 is 2.60 bits per heavy atom. The van der Waals surface area contributed by atoms with Crippen molar-refractivity contribution in [3.63, 3.8) is 0 Å². The molecule has 1 heterocycles. The molecule has 1 aromatic heterocycles. The number of nitrogens with one attached hydrogen (secondary N) is 1. The van der Waals surface area contributed by atoms with Crippen molar-refractivity contribution in [3.05, 3.63) is 12.3 Å². The topological polar surface area (TPSA) is 82.5 Å². The highest BCUT2D eigenvalue weighted by atomic mass is 16.6. The van der Waals surface area contributed by atoms with Crippen molar-refractivity contribution in [1.82, 2.24) is 15.1 Å². The van der Waals surface area contributed by atoms with E-state index in [4.69, 9.17) is 9.47 Å². The number of ether oxygens (including phenoxy) is 2.